The number of nitrogens with zero attached hydrogens (tertiary/aromatic N) is 3. The molecule has 2 N–H and O–H groups in total. The van der Waals surface area contributed by atoms with E-state index in [2.05, 4.69) is 27.9 Å². The molecule has 0 saturated carbocycles. The van der Waals surface area contributed by atoms with E-state index in [1.807, 2.05) is 43.3 Å². The highest BCUT2D eigenvalue weighted by Gasteiger charge is 2.06. The van der Waals surface area contributed by atoms with Crippen LogP contribution in [0.4, 0.5) is 17.2 Å². The molecule has 7 nitrogen and oxygen atoms in total. The van der Waals surface area contributed by atoms with E-state index in [0.29, 0.717) is 18.1 Å². The summed E-state index contributed by atoms with van der Waals surface area (Å²) in [5.74, 6) is 0.260. The summed E-state index contributed by atoms with van der Waals surface area (Å²) in [6, 6.07) is 17.2. The van der Waals surface area contributed by atoms with E-state index in [1.54, 1.807) is 35.2 Å². The quantitative estimate of drug-likeness (QED) is 0.591. The SMILES string of the molecule is CC(=O)Nc1ccc(/C=C/C(=O)Nc2ccnn2Cc2ccc(N(C)C)cc2)cc1. The highest BCUT2D eigenvalue weighted by Crippen LogP contribution is 2.15. The molecule has 1 aromatic heterocycles. The summed E-state index contributed by atoms with van der Waals surface area (Å²) in [6.07, 6.45) is 4.85. The Morgan fingerprint density at radius 3 is 2.33 bits per heavy atom. The molecule has 3 aromatic rings. The molecule has 0 bridgehead atoms. The molecule has 3 rings (SSSR count). The molecule has 2 amide bonds. The molecule has 7 heteroatoms. The van der Waals surface area contributed by atoms with Crippen LogP contribution >= 0.6 is 0 Å². The van der Waals surface area contributed by atoms with Gasteiger partial charge in [-0.2, -0.15) is 5.10 Å². The van der Waals surface area contributed by atoms with Crippen LogP contribution in [0.15, 0.2) is 66.9 Å². The molecule has 0 atom stereocenters. The minimum absolute atomic E-state index is 0.122. The highest BCUT2D eigenvalue weighted by atomic mass is 16.2. The normalized spacial score (nSPS) is 10.8. The summed E-state index contributed by atoms with van der Waals surface area (Å²) in [6.45, 7) is 2.02. The van der Waals surface area contributed by atoms with Crippen molar-refractivity contribution in [3.63, 3.8) is 0 Å². The van der Waals surface area contributed by atoms with E-state index in [4.69, 9.17) is 0 Å². The molecule has 1 heterocycles. The Bertz CT molecular complexity index is 1030. The topological polar surface area (TPSA) is 79.3 Å². The van der Waals surface area contributed by atoms with Gasteiger partial charge in [-0.25, -0.2) is 4.68 Å². The number of anilines is 3. The third kappa shape index (κ3) is 5.81. The molecule has 0 unspecified atom stereocenters. The maximum Gasteiger partial charge on any atom is 0.249 e. The van der Waals surface area contributed by atoms with Crippen LogP contribution in [0.25, 0.3) is 6.08 Å². The predicted octanol–water partition coefficient (Wildman–Crippen LogP) is 3.61. The van der Waals surface area contributed by atoms with Gasteiger partial charge >= 0.3 is 0 Å². The fourth-order valence-electron chi connectivity index (χ4n) is 2.86. The van der Waals surface area contributed by atoms with Gasteiger partial charge in [0.05, 0.1) is 12.7 Å². The minimum atomic E-state index is -0.245. The number of carbonyl (C=O) groups excluding carboxylic acids is 2. The average Bonchev–Trinajstić information content (AvgIpc) is 3.14. The number of hydrogen-bond acceptors (Lipinski definition) is 4. The Labute approximate surface area is 176 Å². The third-order valence-corrected chi connectivity index (χ3v) is 4.41. The molecular formula is C23H25N5O2. The lowest BCUT2D eigenvalue weighted by molar-refractivity contribution is -0.114. The lowest BCUT2D eigenvalue weighted by atomic mass is 10.2. The van der Waals surface area contributed by atoms with E-state index in [-0.39, 0.29) is 11.8 Å². The second-order valence-corrected chi connectivity index (χ2v) is 7.06. The highest BCUT2D eigenvalue weighted by molar-refractivity contribution is 6.01. The van der Waals surface area contributed by atoms with Crippen LogP contribution in [-0.2, 0) is 16.1 Å². The van der Waals surface area contributed by atoms with Gasteiger partial charge in [-0.05, 0) is 41.5 Å². The lowest BCUT2D eigenvalue weighted by Crippen LogP contribution is -2.14. The standard InChI is InChI=1S/C23H25N5O2/c1-17(29)25-20-9-4-18(5-10-20)8-13-23(30)26-22-14-15-24-28(22)16-19-6-11-21(12-7-19)27(2)3/h4-15H,16H2,1-3H3,(H,25,29)(H,26,30)/b13-8+. The predicted molar refractivity (Wildman–Crippen MR) is 121 cm³/mol. The van der Waals surface area contributed by atoms with Crippen molar-refractivity contribution in [3.05, 3.63) is 78.0 Å². The minimum Gasteiger partial charge on any atom is -0.378 e. The first-order valence-corrected chi connectivity index (χ1v) is 9.55. The van der Waals surface area contributed by atoms with E-state index >= 15 is 0 Å². The van der Waals surface area contributed by atoms with Crippen LogP contribution in [0, 0.1) is 0 Å². The zero-order chi connectivity index (χ0) is 21.5. The number of nitrogens with one attached hydrogen (secondary N) is 2. The molecule has 0 aliphatic carbocycles. The van der Waals surface area contributed by atoms with Gasteiger partial charge in [-0.15, -0.1) is 0 Å². The van der Waals surface area contributed by atoms with E-state index < -0.39 is 0 Å². The average molecular weight is 403 g/mol. The van der Waals surface area contributed by atoms with Gasteiger partial charge in [0.2, 0.25) is 11.8 Å². The maximum absolute atomic E-state index is 12.3. The number of rotatable bonds is 7. The molecule has 2 aromatic carbocycles. The first kappa shape index (κ1) is 20.9. The van der Waals surface area contributed by atoms with Crippen molar-refractivity contribution in [2.24, 2.45) is 0 Å². The van der Waals surface area contributed by atoms with Gasteiger partial charge in [0.1, 0.15) is 5.82 Å². The molecule has 0 aliphatic heterocycles. The van der Waals surface area contributed by atoms with Gasteiger partial charge in [-0.3, -0.25) is 9.59 Å². The zero-order valence-corrected chi connectivity index (χ0v) is 17.3. The third-order valence-electron chi connectivity index (χ3n) is 4.41. The number of carbonyl (C=O) groups is 2. The fourth-order valence-corrected chi connectivity index (χ4v) is 2.86. The Balaban J connectivity index is 1.60. The Hall–Kier alpha value is -3.87. The van der Waals surface area contributed by atoms with Crippen molar-refractivity contribution in [1.29, 1.82) is 0 Å². The summed E-state index contributed by atoms with van der Waals surface area (Å²) in [4.78, 5) is 25.4. The van der Waals surface area contributed by atoms with Gasteiger partial charge in [0, 0.05) is 44.5 Å². The Kier molecular flexibility index (Phi) is 6.64. The Morgan fingerprint density at radius 2 is 1.70 bits per heavy atom. The summed E-state index contributed by atoms with van der Waals surface area (Å²) >= 11 is 0. The van der Waals surface area contributed by atoms with Crippen molar-refractivity contribution in [3.8, 4) is 0 Å². The van der Waals surface area contributed by atoms with Gasteiger partial charge < -0.3 is 15.5 Å². The van der Waals surface area contributed by atoms with Crippen molar-refractivity contribution < 1.29 is 9.59 Å². The van der Waals surface area contributed by atoms with Crippen LogP contribution in [-0.4, -0.2) is 35.7 Å². The van der Waals surface area contributed by atoms with Gasteiger partial charge in [0.25, 0.3) is 0 Å². The van der Waals surface area contributed by atoms with E-state index in [0.717, 1.165) is 16.8 Å². The zero-order valence-electron chi connectivity index (χ0n) is 17.3. The number of hydrogen-bond donors (Lipinski definition) is 2. The smallest absolute Gasteiger partial charge is 0.249 e. The second-order valence-electron chi connectivity index (χ2n) is 7.06. The van der Waals surface area contributed by atoms with Crippen LogP contribution in [0.5, 0.6) is 0 Å². The van der Waals surface area contributed by atoms with Crippen molar-refractivity contribution >= 4 is 35.1 Å². The molecular weight excluding hydrogens is 378 g/mol. The van der Waals surface area contributed by atoms with E-state index in [9.17, 15) is 9.59 Å². The summed E-state index contributed by atoms with van der Waals surface area (Å²) in [5.41, 5.74) is 3.79. The van der Waals surface area contributed by atoms with Crippen molar-refractivity contribution in [2.75, 3.05) is 29.6 Å². The monoisotopic (exact) mass is 403 g/mol. The maximum atomic E-state index is 12.3. The number of benzene rings is 2. The van der Waals surface area contributed by atoms with Crippen molar-refractivity contribution in [1.82, 2.24) is 9.78 Å². The molecule has 0 fully saturated rings. The molecule has 0 aliphatic rings. The molecule has 0 spiro atoms. The van der Waals surface area contributed by atoms with Crippen LogP contribution in [0.3, 0.4) is 0 Å². The van der Waals surface area contributed by atoms with Gasteiger partial charge in [0.15, 0.2) is 0 Å². The first-order chi connectivity index (χ1) is 14.4. The molecule has 30 heavy (non-hydrogen) atoms. The van der Waals surface area contributed by atoms with Crippen LogP contribution < -0.4 is 15.5 Å². The van der Waals surface area contributed by atoms with Gasteiger partial charge in [-0.1, -0.05) is 24.3 Å². The number of amides is 2. The molecule has 0 radical (unpaired) electrons. The molecule has 154 valence electrons. The van der Waals surface area contributed by atoms with Crippen molar-refractivity contribution in [2.45, 2.75) is 13.5 Å². The lowest BCUT2D eigenvalue weighted by Gasteiger charge is -2.13. The summed E-state index contributed by atoms with van der Waals surface area (Å²) < 4.78 is 1.75. The number of aromatic nitrogens is 2. The second kappa shape index (κ2) is 9.56. The van der Waals surface area contributed by atoms with Crippen LogP contribution in [0.1, 0.15) is 18.1 Å². The fraction of sp³-hybridized carbons (Fsp3) is 0.174. The van der Waals surface area contributed by atoms with E-state index in [1.165, 1.54) is 13.0 Å². The summed E-state index contributed by atoms with van der Waals surface area (Å²) in [7, 11) is 4.00. The summed E-state index contributed by atoms with van der Waals surface area (Å²) in [5, 5.41) is 9.87. The molecule has 0 saturated heterocycles. The largest absolute Gasteiger partial charge is 0.378 e. The first-order valence-electron chi connectivity index (χ1n) is 9.55. The Morgan fingerprint density at radius 1 is 1.00 bits per heavy atom. The van der Waals surface area contributed by atoms with Crippen LogP contribution in [0.2, 0.25) is 0 Å².